The molecule has 136 valence electrons. The van der Waals surface area contributed by atoms with Gasteiger partial charge >= 0.3 is 0 Å². The first-order chi connectivity index (χ1) is 12.9. The molecule has 0 aliphatic rings. The van der Waals surface area contributed by atoms with Gasteiger partial charge in [-0.05, 0) is 18.2 Å². The van der Waals surface area contributed by atoms with Crippen molar-refractivity contribution < 1.29 is 13.2 Å². The first-order valence-corrected chi connectivity index (χ1v) is 9.75. The molecule has 0 fully saturated rings. The van der Waals surface area contributed by atoms with Gasteiger partial charge in [0.1, 0.15) is 10.7 Å². The smallest absolute Gasteiger partial charge is 0.285 e. The van der Waals surface area contributed by atoms with Crippen LogP contribution < -0.4 is 5.73 Å². The highest BCUT2D eigenvalue weighted by atomic mass is 35.5. The Morgan fingerprint density at radius 2 is 1.41 bits per heavy atom. The molecule has 0 atom stereocenters. The lowest BCUT2D eigenvalue weighted by Gasteiger charge is -2.09. The number of benzene rings is 3. The van der Waals surface area contributed by atoms with Gasteiger partial charge in [0.2, 0.25) is 0 Å². The lowest BCUT2D eigenvalue weighted by Crippen LogP contribution is -2.17. The zero-order valence-electron chi connectivity index (χ0n) is 14.0. The van der Waals surface area contributed by atoms with Crippen LogP contribution in [0.4, 0.5) is 0 Å². The average Bonchev–Trinajstić information content (AvgIpc) is 2.68. The van der Waals surface area contributed by atoms with Crippen LogP contribution in [0.3, 0.4) is 0 Å². The van der Waals surface area contributed by atoms with E-state index in [4.69, 9.17) is 17.3 Å². The largest absolute Gasteiger partial charge is 0.383 e. The third kappa shape index (κ3) is 4.24. The molecule has 3 aromatic carbocycles. The predicted octanol–water partition coefficient (Wildman–Crippen LogP) is 3.67. The van der Waals surface area contributed by atoms with Crippen LogP contribution in [0.1, 0.15) is 21.5 Å². The molecule has 2 N–H and O–H groups in total. The molecular weight excluding hydrogens is 384 g/mol. The molecule has 0 bridgehead atoms. The number of carbonyl (C=O) groups is 1. The summed E-state index contributed by atoms with van der Waals surface area (Å²) < 4.78 is 29.3. The van der Waals surface area contributed by atoms with Gasteiger partial charge in [-0.3, -0.25) is 4.79 Å². The van der Waals surface area contributed by atoms with E-state index in [0.29, 0.717) is 11.1 Å². The van der Waals surface area contributed by atoms with E-state index in [2.05, 4.69) is 4.40 Å². The predicted molar refractivity (Wildman–Crippen MR) is 106 cm³/mol. The number of ketones is 1. The van der Waals surface area contributed by atoms with E-state index < -0.39 is 15.8 Å². The van der Waals surface area contributed by atoms with Gasteiger partial charge in [0, 0.05) is 21.7 Å². The van der Waals surface area contributed by atoms with Gasteiger partial charge in [-0.2, -0.15) is 8.42 Å². The highest BCUT2D eigenvalue weighted by molar-refractivity contribution is 7.90. The van der Waals surface area contributed by atoms with Crippen LogP contribution >= 0.6 is 11.6 Å². The molecule has 0 aliphatic carbocycles. The molecule has 0 amide bonds. The van der Waals surface area contributed by atoms with E-state index in [1.54, 1.807) is 60.7 Å². The van der Waals surface area contributed by atoms with Gasteiger partial charge in [0.15, 0.2) is 5.78 Å². The van der Waals surface area contributed by atoms with E-state index in [-0.39, 0.29) is 21.3 Å². The lowest BCUT2D eigenvalue weighted by molar-refractivity contribution is 0.103. The topological polar surface area (TPSA) is 89.6 Å². The Morgan fingerprint density at radius 1 is 0.852 bits per heavy atom. The molecule has 7 heteroatoms. The average molecular weight is 399 g/mol. The van der Waals surface area contributed by atoms with Gasteiger partial charge in [-0.25, -0.2) is 0 Å². The van der Waals surface area contributed by atoms with Crippen molar-refractivity contribution >= 4 is 33.2 Å². The summed E-state index contributed by atoms with van der Waals surface area (Å²) in [5.74, 6) is -0.631. The molecule has 0 radical (unpaired) electrons. The zero-order valence-corrected chi connectivity index (χ0v) is 15.6. The van der Waals surface area contributed by atoms with Crippen LogP contribution in [-0.4, -0.2) is 20.0 Å². The number of sulfonamides is 1. The van der Waals surface area contributed by atoms with Crippen molar-refractivity contribution in [3.63, 3.8) is 0 Å². The Morgan fingerprint density at radius 3 is 2.00 bits per heavy atom. The van der Waals surface area contributed by atoms with Gasteiger partial charge in [0.25, 0.3) is 10.0 Å². The molecule has 0 heterocycles. The summed E-state index contributed by atoms with van der Waals surface area (Å²) in [6.07, 6.45) is 0. The molecule has 0 saturated carbocycles. The van der Waals surface area contributed by atoms with Gasteiger partial charge < -0.3 is 5.73 Å². The van der Waals surface area contributed by atoms with E-state index in [1.807, 2.05) is 0 Å². The van der Waals surface area contributed by atoms with E-state index in [0.717, 1.165) is 0 Å². The first-order valence-electron chi connectivity index (χ1n) is 7.93. The van der Waals surface area contributed by atoms with Gasteiger partial charge in [-0.15, -0.1) is 4.40 Å². The zero-order chi connectivity index (χ0) is 19.4. The molecule has 0 saturated heterocycles. The Bertz CT molecular complexity index is 1110. The number of hydrogen-bond acceptors (Lipinski definition) is 3. The second-order valence-corrected chi connectivity index (χ2v) is 7.66. The fourth-order valence-corrected chi connectivity index (χ4v) is 3.79. The molecule has 0 unspecified atom stereocenters. The number of rotatable bonds is 5. The fraction of sp³-hybridized carbons (Fsp3) is 0. The van der Waals surface area contributed by atoms with Crippen LogP contribution in [0.15, 0.2) is 88.2 Å². The molecule has 5 nitrogen and oxygen atoms in total. The molecule has 0 aliphatic heterocycles. The minimum Gasteiger partial charge on any atom is -0.383 e. The third-order valence-electron chi connectivity index (χ3n) is 3.79. The van der Waals surface area contributed by atoms with E-state index in [1.165, 1.54) is 18.2 Å². The Labute approximate surface area is 162 Å². The molecule has 3 rings (SSSR count). The Hall–Kier alpha value is -2.96. The van der Waals surface area contributed by atoms with Crippen molar-refractivity contribution in [1.29, 1.82) is 0 Å². The second kappa shape index (κ2) is 7.73. The lowest BCUT2D eigenvalue weighted by atomic mass is 10.0. The number of nitrogens with two attached hydrogens (primary N) is 1. The summed E-state index contributed by atoms with van der Waals surface area (Å²) in [6, 6.07) is 20.8. The minimum atomic E-state index is -4.22. The minimum absolute atomic E-state index is 0.0571. The normalized spacial score (nSPS) is 12.0. The van der Waals surface area contributed by atoms with Crippen molar-refractivity contribution in [3.8, 4) is 0 Å². The summed E-state index contributed by atoms with van der Waals surface area (Å²) in [7, 11) is -4.22. The summed E-state index contributed by atoms with van der Waals surface area (Å²) in [5, 5.41) is 0.244. The number of carbonyl (C=O) groups excluding carboxylic acids is 1. The number of hydrogen-bond donors (Lipinski definition) is 1. The molecule has 27 heavy (non-hydrogen) atoms. The second-order valence-electron chi connectivity index (χ2n) is 5.65. The Balaban J connectivity index is 2.10. The SMILES string of the molecule is N/C(=N/S(=O)(=O)c1ccc(Cl)cc1C(=O)c1ccccc1)c1ccccc1. The highest BCUT2D eigenvalue weighted by Gasteiger charge is 2.24. The third-order valence-corrected chi connectivity index (χ3v) is 5.37. The fourth-order valence-electron chi connectivity index (χ4n) is 2.49. The maximum atomic E-state index is 12.8. The van der Waals surface area contributed by atoms with Crippen molar-refractivity contribution in [3.05, 3.63) is 101 Å². The quantitative estimate of drug-likeness (QED) is 0.403. The van der Waals surface area contributed by atoms with E-state index >= 15 is 0 Å². The molecule has 0 aromatic heterocycles. The van der Waals surface area contributed by atoms with Crippen LogP contribution in [0.25, 0.3) is 0 Å². The first kappa shape index (κ1) is 18.8. The van der Waals surface area contributed by atoms with Crippen molar-refractivity contribution in [1.82, 2.24) is 0 Å². The maximum absolute atomic E-state index is 12.8. The molecule has 3 aromatic rings. The molecule has 0 spiro atoms. The van der Waals surface area contributed by atoms with Crippen LogP contribution in [0.5, 0.6) is 0 Å². The number of halogens is 1. The molecular formula is C20H15ClN2O3S. The van der Waals surface area contributed by atoms with Crippen molar-refractivity contribution in [2.24, 2.45) is 10.1 Å². The van der Waals surface area contributed by atoms with Crippen molar-refractivity contribution in [2.45, 2.75) is 4.90 Å². The summed E-state index contributed by atoms with van der Waals surface area (Å²) in [4.78, 5) is 12.6. The number of amidine groups is 1. The van der Waals surface area contributed by atoms with Crippen molar-refractivity contribution in [2.75, 3.05) is 0 Å². The summed E-state index contributed by atoms with van der Waals surface area (Å²) in [5.41, 5.74) is 6.60. The van der Waals surface area contributed by atoms with Gasteiger partial charge in [-0.1, -0.05) is 72.3 Å². The standard InChI is InChI=1S/C20H15ClN2O3S/c21-16-11-12-18(17(13-16)19(24)14-7-3-1-4-8-14)27(25,26)23-20(22)15-9-5-2-6-10-15/h1-13H,(H2,22,23). The van der Waals surface area contributed by atoms with Crippen LogP contribution in [-0.2, 0) is 10.0 Å². The number of nitrogens with zero attached hydrogens (tertiary/aromatic N) is 1. The monoisotopic (exact) mass is 398 g/mol. The highest BCUT2D eigenvalue weighted by Crippen LogP contribution is 2.25. The van der Waals surface area contributed by atoms with Crippen LogP contribution in [0, 0.1) is 0 Å². The maximum Gasteiger partial charge on any atom is 0.285 e. The summed E-state index contributed by atoms with van der Waals surface area (Å²) >= 11 is 5.99. The van der Waals surface area contributed by atoms with Crippen LogP contribution in [0.2, 0.25) is 5.02 Å². The summed E-state index contributed by atoms with van der Waals surface area (Å²) in [6.45, 7) is 0. The van der Waals surface area contributed by atoms with E-state index in [9.17, 15) is 13.2 Å². The Kier molecular flexibility index (Phi) is 5.39. The van der Waals surface area contributed by atoms with Gasteiger partial charge in [0.05, 0.1) is 0 Å².